The average molecular weight is 316 g/mol. The molecule has 0 amide bonds. The number of nitrogens with one attached hydrogen (secondary N) is 1. The summed E-state index contributed by atoms with van der Waals surface area (Å²) in [7, 11) is -3.17. The minimum absolute atomic E-state index is 0.0195. The summed E-state index contributed by atoms with van der Waals surface area (Å²) < 4.78 is 26.1. The lowest BCUT2D eigenvalue weighted by Crippen LogP contribution is -2.33. The molecule has 1 saturated heterocycles. The maximum atomic E-state index is 12.3. The Morgan fingerprint density at radius 2 is 1.55 bits per heavy atom. The molecular weight excluding hydrogens is 296 g/mol. The van der Waals surface area contributed by atoms with Gasteiger partial charge in [0.1, 0.15) is 0 Å². The summed E-state index contributed by atoms with van der Waals surface area (Å²) in [6, 6.07) is 19.7. The predicted molar refractivity (Wildman–Crippen MR) is 87.7 cm³/mol. The van der Waals surface area contributed by atoms with Gasteiger partial charge in [-0.05, 0) is 11.1 Å². The lowest BCUT2D eigenvalue weighted by molar-refractivity contribution is 0.402. The van der Waals surface area contributed by atoms with E-state index < -0.39 is 10.0 Å². The average Bonchev–Trinajstić information content (AvgIpc) is 2.81. The Kier molecular flexibility index (Phi) is 4.57. The van der Waals surface area contributed by atoms with E-state index in [9.17, 15) is 8.42 Å². The van der Waals surface area contributed by atoms with E-state index in [-0.39, 0.29) is 11.8 Å². The first-order chi connectivity index (χ1) is 10.6. The van der Waals surface area contributed by atoms with Gasteiger partial charge in [0.2, 0.25) is 10.0 Å². The summed E-state index contributed by atoms with van der Waals surface area (Å²) >= 11 is 0. The molecule has 0 unspecified atom stereocenters. The van der Waals surface area contributed by atoms with E-state index in [0.29, 0.717) is 19.6 Å². The summed E-state index contributed by atoms with van der Waals surface area (Å²) in [5, 5.41) is 3.35. The molecule has 3 rings (SSSR count). The van der Waals surface area contributed by atoms with Crippen LogP contribution in [0.2, 0.25) is 0 Å². The van der Waals surface area contributed by atoms with E-state index in [1.54, 1.807) is 4.31 Å². The quantitative estimate of drug-likeness (QED) is 0.918. The Morgan fingerprint density at radius 3 is 2.18 bits per heavy atom. The van der Waals surface area contributed by atoms with Gasteiger partial charge in [-0.25, -0.2) is 8.42 Å². The third kappa shape index (κ3) is 3.74. The second-order valence-electron chi connectivity index (χ2n) is 5.62. The van der Waals surface area contributed by atoms with Gasteiger partial charge in [0, 0.05) is 25.7 Å². The minimum Gasteiger partial charge on any atom is -0.308 e. The summed E-state index contributed by atoms with van der Waals surface area (Å²) in [4.78, 5) is 0. The smallest absolute Gasteiger partial charge is 0.216 e. The molecule has 1 aliphatic rings. The van der Waals surface area contributed by atoms with Gasteiger partial charge in [0.05, 0.1) is 5.75 Å². The first-order valence-corrected chi connectivity index (χ1v) is 9.03. The summed E-state index contributed by atoms with van der Waals surface area (Å²) in [6.07, 6.45) is 0. The van der Waals surface area contributed by atoms with E-state index in [1.807, 2.05) is 60.7 Å². The fourth-order valence-electron chi connectivity index (χ4n) is 2.70. The van der Waals surface area contributed by atoms with E-state index >= 15 is 0 Å². The first-order valence-electron chi connectivity index (χ1n) is 7.42. The molecule has 2 aromatic carbocycles. The van der Waals surface area contributed by atoms with E-state index in [1.165, 1.54) is 5.56 Å². The van der Waals surface area contributed by atoms with E-state index in [0.717, 1.165) is 5.56 Å². The van der Waals surface area contributed by atoms with Gasteiger partial charge in [-0.1, -0.05) is 60.7 Å². The van der Waals surface area contributed by atoms with Crippen molar-refractivity contribution >= 4 is 10.0 Å². The van der Waals surface area contributed by atoms with Crippen molar-refractivity contribution in [3.05, 3.63) is 71.8 Å². The molecule has 0 radical (unpaired) electrons. The zero-order valence-corrected chi connectivity index (χ0v) is 13.2. The van der Waals surface area contributed by atoms with Crippen LogP contribution in [-0.4, -0.2) is 31.1 Å². The number of rotatable bonds is 5. The van der Waals surface area contributed by atoms with Crippen LogP contribution in [0.25, 0.3) is 0 Å². The molecule has 0 aromatic heterocycles. The molecule has 22 heavy (non-hydrogen) atoms. The van der Waals surface area contributed by atoms with Crippen molar-refractivity contribution in [1.29, 1.82) is 0 Å². The molecule has 1 atom stereocenters. The summed E-state index contributed by atoms with van der Waals surface area (Å²) in [6.45, 7) is 1.68. The van der Waals surface area contributed by atoms with Crippen LogP contribution in [0.3, 0.4) is 0 Å². The molecule has 0 bridgehead atoms. The van der Waals surface area contributed by atoms with Crippen molar-refractivity contribution in [2.75, 3.05) is 12.3 Å². The van der Waals surface area contributed by atoms with E-state index in [2.05, 4.69) is 5.32 Å². The van der Waals surface area contributed by atoms with Crippen LogP contribution in [0.5, 0.6) is 0 Å². The molecule has 5 heteroatoms. The SMILES string of the molecule is O=S1(=O)C[C@@H](NCc2ccccc2)CN1Cc1ccccc1. The highest BCUT2D eigenvalue weighted by Gasteiger charge is 2.35. The standard InChI is InChI=1S/C17H20N2O2S/c20-22(21)14-17(18-11-15-7-3-1-4-8-15)13-19(22)12-16-9-5-2-6-10-16/h1-10,17-18H,11-14H2/t17-/m0/s1. The highest BCUT2D eigenvalue weighted by molar-refractivity contribution is 7.89. The largest absolute Gasteiger partial charge is 0.308 e. The maximum Gasteiger partial charge on any atom is 0.216 e. The first kappa shape index (κ1) is 15.2. The van der Waals surface area contributed by atoms with Gasteiger partial charge < -0.3 is 5.32 Å². The van der Waals surface area contributed by atoms with Crippen LogP contribution < -0.4 is 5.32 Å². The predicted octanol–water partition coefficient (Wildman–Crippen LogP) is 1.99. The van der Waals surface area contributed by atoms with Crippen LogP contribution in [0.15, 0.2) is 60.7 Å². The van der Waals surface area contributed by atoms with Gasteiger partial charge >= 0.3 is 0 Å². The minimum atomic E-state index is -3.17. The van der Waals surface area contributed by atoms with Gasteiger partial charge in [0.25, 0.3) is 0 Å². The molecule has 116 valence electrons. The molecule has 0 saturated carbocycles. The normalized spacial score (nSPS) is 21.0. The van der Waals surface area contributed by atoms with Crippen LogP contribution in [0, 0.1) is 0 Å². The second-order valence-corrected chi connectivity index (χ2v) is 7.63. The van der Waals surface area contributed by atoms with Gasteiger partial charge in [-0.15, -0.1) is 0 Å². The molecule has 0 aliphatic carbocycles. The topological polar surface area (TPSA) is 49.4 Å². The fourth-order valence-corrected chi connectivity index (χ4v) is 4.40. The summed E-state index contributed by atoms with van der Waals surface area (Å²) in [5.74, 6) is 0.173. The monoisotopic (exact) mass is 316 g/mol. The van der Waals surface area contributed by atoms with Gasteiger partial charge in [-0.2, -0.15) is 4.31 Å². The Bertz CT molecular complexity index is 702. The zero-order valence-electron chi connectivity index (χ0n) is 12.4. The number of benzene rings is 2. The van der Waals surface area contributed by atoms with Gasteiger partial charge in [0.15, 0.2) is 0 Å². The van der Waals surface area contributed by atoms with Crippen LogP contribution in [0.1, 0.15) is 11.1 Å². The molecule has 0 spiro atoms. The van der Waals surface area contributed by atoms with Crippen molar-refractivity contribution < 1.29 is 8.42 Å². The lowest BCUT2D eigenvalue weighted by atomic mass is 10.2. The number of nitrogens with zero attached hydrogens (tertiary/aromatic N) is 1. The van der Waals surface area contributed by atoms with Crippen molar-refractivity contribution in [2.24, 2.45) is 0 Å². The highest BCUT2D eigenvalue weighted by Crippen LogP contribution is 2.18. The van der Waals surface area contributed by atoms with E-state index in [4.69, 9.17) is 0 Å². The summed E-state index contributed by atoms with van der Waals surface area (Å²) in [5.41, 5.74) is 2.19. The fraction of sp³-hybridized carbons (Fsp3) is 0.294. The molecule has 1 N–H and O–H groups in total. The van der Waals surface area contributed by atoms with Crippen LogP contribution in [0.4, 0.5) is 0 Å². The Balaban J connectivity index is 1.60. The van der Waals surface area contributed by atoms with Crippen molar-refractivity contribution in [1.82, 2.24) is 9.62 Å². The third-order valence-electron chi connectivity index (χ3n) is 3.87. The Hall–Kier alpha value is -1.69. The molecule has 2 aromatic rings. The number of hydrogen-bond acceptors (Lipinski definition) is 3. The zero-order chi connectivity index (χ0) is 15.4. The molecule has 1 fully saturated rings. The number of sulfonamides is 1. The van der Waals surface area contributed by atoms with Crippen molar-refractivity contribution in [3.63, 3.8) is 0 Å². The molecule has 1 aliphatic heterocycles. The molecule has 4 nitrogen and oxygen atoms in total. The highest BCUT2D eigenvalue weighted by atomic mass is 32.2. The van der Waals surface area contributed by atoms with Crippen molar-refractivity contribution in [2.45, 2.75) is 19.1 Å². The second kappa shape index (κ2) is 6.60. The Labute approximate surface area is 131 Å². The Morgan fingerprint density at radius 1 is 0.955 bits per heavy atom. The third-order valence-corrected chi connectivity index (χ3v) is 5.76. The van der Waals surface area contributed by atoms with Crippen molar-refractivity contribution in [3.8, 4) is 0 Å². The molecule has 1 heterocycles. The maximum absolute atomic E-state index is 12.3. The van der Waals surface area contributed by atoms with Crippen LogP contribution in [-0.2, 0) is 23.1 Å². The number of hydrogen-bond donors (Lipinski definition) is 1. The van der Waals surface area contributed by atoms with Crippen LogP contribution >= 0.6 is 0 Å². The lowest BCUT2D eigenvalue weighted by Gasteiger charge is -2.15. The molecular formula is C17H20N2O2S. The van der Waals surface area contributed by atoms with Gasteiger partial charge in [-0.3, -0.25) is 0 Å².